The van der Waals surface area contributed by atoms with Crippen LogP contribution in [0.2, 0.25) is 5.02 Å². The Morgan fingerprint density at radius 1 is 1.16 bits per heavy atom. The highest BCUT2D eigenvalue weighted by atomic mass is 35.5. The molecule has 37 heavy (non-hydrogen) atoms. The van der Waals surface area contributed by atoms with Crippen LogP contribution in [0.4, 0.5) is 8.78 Å². The van der Waals surface area contributed by atoms with Crippen molar-refractivity contribution in [2.45, 2.75) is 74.9 Å². The van der Waals surface area contributed by atoms with Crippen LogP contribution in [-0.2, 0) is 15.9 Å². The molecule has 12 heteroatoms. The number of aromatic nitrogens is 4. The Morgan fingerprint density at radius 2 is 1.95 bits per heavy atom. The van der Waals surface area contributed by atoms with E-state index in [0.29, 0.717) is 18.0 Å². The predicted molar refractivity (Wildman–Crippen MR) is 128 cm³/mol. The zero-order valence-electron chi connectivity index (χ0n) is 20.3. The van der Waals surface area contributed by atoms with Crippen LogP contribution in [0.5, 0.6) is 0 Å². The molecule has 0 spiro atoms. The molecule has 5 atom stereocenters. The van der Waals surface area contributed by atoms with Gasteiger partial charge in [-0.05, 0) is 25.0 Å². The summed E-state index contributed by atoms with van der Waals surface area (Å²) >= 11 is 5.79. The lowest BCUT2D eigenvalue weighted by Gasteiger charge is -2.43. The van der Waals surface area contributed by atoms with Gasteiger partial charge in [-0.15, -0.1) is 5.10 Å². The fraction of sp³-hybridized carbons (Fsp3) is 0.560. The molecule has 2 fully saturated rings. The van der Waals surface area contributed by atoms with E-state index in [1.165, 1.54) is 43.3 Å². The summed E-state index contributed by atoms with van der Waals surface area (Å²) in [6, 6.07) is 3.36. The fourth-order valence-electron chi connectivity index (χ4n) is 5.40. The predicted octanol–water partition coefficient (Wildman–Crippen LogP) is 3.83. The highest BCUT2D eigenvalue weighted by Crippen LogP contribution is 2.36. The average molecular weight is 539 g/mol. The van der Waals surface area contributed by atoms with E-state index in [9.17, 15) is 19.0 Å². The van der Waals surface area contributed by atoms with E-state index in [4.69, 9.17) is 25.6 Å². The topological polar surface area (TPSA) is 116 Å². The maximum atomic E-state index is 13.9. The van der Waals surface area contributed by atoms with Crippen LogP contribution in [0.15, 0.2) is 28.9 Å². The third-order valence-corrected chi connectivity index (χ3v) is 7.60. The first-order chi connectivity index (χ1) is 17.9. The second-order valence-corrected chi connectivity index (χ2v) is 10.1. The maximum absolute atomic E-state index is 13.9. The number of rotatable bonds is 7. The van der Waals surface area contributed by atoms with Crippen LogP contribution in [0, 0.1) is 11.6 Å². The van der Waals surface area contributed by atoms with Crippen molar-refractivity contribution in [2.24, 2.45) is 0 Å². The van der Waals surface area contributed by atoms with Gasteiger partial charge in [-0.25, -0.2) is 13.5 Å². The van der Waals surface area contributed by atoms with Gasteiger partial charge in [-0.1, -0.05) is 41.2 Å². The SMILES string of the molecule is CO[C@@H]1[C@@H](n2cc(-c3cc(F)c(F)c(Cl)c3)nn2)[C@@H](O)[C@@H](CO)O[C@@H]1Cc1cc(C2CCCCC2)on1. The molecule has 1 saturated carbocycles. The van der Waals surface area contributed by atoms with Gasteiger partial charge in [0, 0.05) is 31.1 Å². The first kappa shape index (κ1) is 26.2. The molecule has 3 heterocycles. The number of methoxy groups -OCH3 is 1. The maximum Gasteiger partial charge on any atom is 0.177 e. The highest BCUT2D eigenvalue weighted by Gasteiger charge is 2.47. The molecular formula is C25H29ClF2N4O5. The number of aliphatic hydroxyl groups is 2. The molecule has 0 bridgehead atoms. The number of hydrogen-bond acceptors (Lipinski definition) is 8. The van der Waals surface area contributed by atoms with Crippen molar-refractivity contribution in [2.75, 3.05) is 13.7 Å². The Morgan fingerprint density at radius 3 is 2.65 bits per heavy atom. The van der Waals surface area contributed by atoms with Crippen molar-refractivity contribution in [1.82, 2.24) is 20.2 Å². The zero-order valence-corrected chi connectivity index (χ0v) is 21.0. The van der Waals surface area contributed by atoms with Crippen molar-refractivity contribution < 1.29 is 33.0 Å². The molecule has 200 valence electrons. The molecule has 0 radical (unpaired) electrons. The van der Waals surface area contributed by atoms with Crippen LogP contribution < -0.4 is 0 Å². The van der Waals surface area contributed by atoms with Crippen LogP contribution in [0.25, 0.3) is 11.3 Å². The molecule has 1 aromatic carbocycles. The molecule has 0 unspecified atom stereocenters. The van der Waals surface area contributed by atoms with Gasteiger partial charge in [0.1, 0.15) is 35.8 Å². The van der Waals surface area contributed by atoms with E-state index in [-0.39, 0.29) is 16.3 Å². The summed E-state index contributed by atoms with van der Waals surface area (Å²) in [4.78, 5) is 0. The minimum atomic E-state index is -1.19. The van der Waals surface area contributed by atoms with E-state index in [0.717, 1.165) is 24.7 Å². The van der Waals surface area contributed by atoms with Crippen molar-refractivity contribution in [3.63, 3.8) is 0 Å². The lowest BCUT2D eigenvalue weighted by molar-refractivity contribution is -0.212. The third-order valence-electron chi connectivity index (χ3n) is 7.33. The number of halogens is 3. The minimum absolute atomic E-state index is 0.221. The van der Waals surface area contributed by atoms with Crippen LogP contribution >= 0.6 is 11.6 Å². The molecule has 9 nitrogen and oxygen atoms in total. The largest absolute Gasteiger partial charge is 0.394 e. The fourth-order valence-corrected chi connectivity index (χ4v) is 5.61. The van der Waals surface area contributed by atoms with Crippen LogP contribution in [0.1, 0.15) is 55.5 Å². The molecule has 1 aliphatic heterocycles. The summed E-state index contributed by atoms with van der Waals surface area (Å²) in [7, 11) is 1.49. The molecule has 2 N–H and O–H groups in total. The van der Waals surface area contributed by atoms with Gasteiger partial charge < -0.3 is 24.2 Å². The Labute approximate surface area is 217 Å². The second-order valence-electron chi connectivity index (χ2n) is 9.67. The number of aliphatic hydroxyl groups excluding tert-OH is 2. The molecule has 1 saturated heterocycles. The second kappa shape index (κ2) is 11.1. The minimum Gasteiger partial charge on any atom is -0.394 e. The summed E-state index contributed by atoms with van der Waals surface area (Å²) in [6.45, 7) is -0.433. The molecule has 5 rings (SSSR count). The number of nitrogens with zero attached hydrogens (tertiary/aromatic N) is 4. The van der Waals surface area contributed by atoms with Gasteiger partial charge in [-0.2, -0.15) is 0 Å². The Hall–Kier alpha value is -2.44. The van der Waals surface area contributed by atoms with Crippen molar-refractivity contribution in [3.8, 4) is 11.3 Å². The van der Waals surface area contributed by atoms with Crippen molar-refractivity contribution in [1.29, 1.82) is 0 Å². The average Bonchev–Trinajstić information content (AvgIpc) is 3.58. The highest BCUT2D eigenvalue weighted by molar-refractivity contribution is 6.31. The summed E-state index contributed by atoms with van der Waals surface area (Å²) in [5.41, 5.74) is 1.13. The standard InChI is InChI=1S/C25H29ClF2N4O5/c1-35-25-20(10-15-9-19(37-30-15)13-5-3-2-4-6-13)36-21(12-33)24(34)23(25)32-11-18(29-31-32)14-7-16(26)22(28)17(27)8-14/h7-9,11,13,20-21,23-25,33-34H,2-6,10,12H2,1H3/t20-,21-,23+,24+,25+/m1/s1. The Bertz CT molecular complexity index is 1190. The number of hydrogen-bond donors (Lipinski definition) is 2. The third kappa shape index (κ3) is 5.28. The van der Waals surface area contributed by atoms with Crippen LogP contribution in [-0.4, -0.2) is 68.5 Å². The Balaban J connectivity index is 1.40. The molecular weight excluding hydrogens is 510 g/mol. The lowest BCUT2D eigenvalue weighted by Crippen LogP contribution is -2.57. The van der Waals surface area contributed by atoms with Crippen LogP contribution in [0.3, 0.4) is 0 Å². The molecule has 0 amide bonds. The quantitative estimate of drug-likeness (QED) is 0.436. The van der Waals surface area contributed by atoms with Gasteiger partial charge >= 0.3 is 0 Å². The lowest BCUT2D eigenvalue weighted by atomic mass is 9.87. The van der Waals surface area contributed by atoms with E-state index in [1.54, 1.807) is 0 Å². The first-order valence-electron chi connectivity index (χ1n) is 12.4. The zero-order chi connectivity index (χ0) is 26.1. The van der Waals surface area contributed by atoms with E-state index in [1.807, 2.05) is 6.07 Å². The summed E-state index contributed by atoms with van der Waals surface area (Å²) < 4.78 is 46.3. The molecule has 3 aromatic rings. The summed E-state index contributed by atoms with van der Waals surface area (Å²) in [6.07, 6.45) is 4.15. The van der Waals surface area contributed by atoms with Crippen molar-refractivity contribution >= 4 is 11.6 Å². The molecule has 1 aliphatic carbocycles. The summed E-state index contributed by atoms with van der Waals surface area (Å²) in [5.74, 6) is -1.04. The van der Waals surface area contributed by atoms with E-state index >= 15 is 0 Å². The summed E-state index contributed by atoms with van der Waals surface area (Å²) in [5, 5.41) is 33.0. The van der Waals surface area contributed by atoms with Gasteiger partial charge in [0.25, 0.3) is 0 Å². The smallest absolute Gasteiger partial charge is 0.177 e. The first-order valence-corrected chi connectivity index (χ1v) is 12.8. The van der Waals surface area contributed by atoms with Gasteiger partial charge in [0.15, 0.2) is 11.6 Å². The van der Waals surface area contributed by atoms with E-state index in [2.05, 4.69) is 15.5 Å². The van der Waals surface area contributed by atoms with Gasteiger partial charge in [0.2, 0.25) is 0 Å². The number of benzene rings is 1. The van der Waals surface area contributed by atoms with Gasteiger partial charge in [-0.3, -0.25) is 0 Å². The monoisotopic (exact) mass is 538 g/mol. The molecule has 2 aromatic heterocycles. The van der Waals surface area contributed by atoms with Crippen molar-refractivity contribution in [3.05, 3.63) is 52.5 Å². The number of ether oxygens (including phenoxy) is 2. The Kier molecular flexibility index (Phi) is 7.87. The van der Waals surface area contributed by atoms with Gasteiger partial charge in [0.05, 0.1) is 29.6 Å². The molecule has 2 aliphatic rings. The normalized spacial score (nSPS) is 27.0. The van der Waals surface area contributed by atoms with E-state index < -0.39 is 48.7 Å².